The minimum atomic E-state index is -1.03. The van der Waals surface area contributed by atoms with E-state index in [4.69, 9.17) is 0 Å². The third-order valence-corrected chi connectivity index (χ3v) is 3.67. The fraction of sp³-hybridized carbons (Fsp3) is 0.429. The Morgan fingerprint density at radius 1 is 1.38 bits per heavy atom. The molecule has 0 N–H and O–H groups in total. The molecule has 1 heteroatoms. The summed E-state index contributed by atoms with van der Waals surface area (Å²) < 4.78 is 0. The van der Waals surface area contributed by atoms with E-state index in [9.17, 15) is 0 Å². The van der Waals surface area contributed by atoms with E-state index in [1.54, 1.807) is 0 Å². The summed E-state index contributed by atoms with van der Waals surface area (Å²) in [4.78, 5) is 0. The summed E-state index contributed by atoms with van der Waals surface area (Å²) in [6.07, 6.45) is 1.98. The van der Waals surface area contributed by atoms with E-state index in [0.29, 0.717) is 0 Å². The molecule has 0 saturated carbocycles. The Kier molecular flexibility index (Phi) is 2.76. The topological polar surface area (TPSA) is 0 Å². The van der Waals surface area contributed by atoms with Gasteiger partial charge in [-0.05, 0) is 6.04 Å². The summed E-state index contributed by atoms with van der Waals surface area (Å²) in [5, 5.41) is 0. The lowest BCUT2D eigenvalue weighted by molar-refractivity contribution is 1.56. The second kappa shape index (κ2) is 2.87. The maximum atomic E-state index is 3.76. The molecule has 0 atom stereocenters. The molecule has 8 heavy (non-hydrogen) atoms. The van der Waals surface area contributed by atoms with Crippen LogP contribution in [0.1, 0.15) is 0 Å². The zero-order chi connectivity index (χ0) is 6.62. The van der Waals surface area contributed by atoms with Gasteiger partial charge >= 0.3 is 0 Å². The van der Waals surface area contributed by atoms with E-state index in [-0.39, 0.29) is 0 Å². The lowest BCUT2D eigenvalue weighted by Crippen LogP contribution is -2.19. The van der Waals surface area contributed by atoms with Gasteiger partial charge in [0, 0.05) is 0 Å². The Balaban J connectivity index is 3.70. The van der Waals surface area contributed by atoms with Gasteiger partial charge in [-0.15, -0.1) is 18.9 Å². The van der Waals surface area contributed by atoms with Crippen LogP contribution >= 0.6 is 0 Å². The molecule has 0 unspecified atom stereocenters. The van der Waals surface area contributed by atoms with Crippen LogP contribution in [-0.2, 0) is 0 Å². The monoisotopic (exact) mass is 126 g/mol. The summed E-state index contributed by atoms with van der Waals surface area (Å²) in [7, 11) is -1.03. The Labute approximate surface area is 52.9 Å². The second-order valence-electron chi connectivity index (χ2n) is 2.69. The van der Waals surface area contributed by atoms with Gasteiger partial charge in [0.1, 0.15) is 0 Å². The van der Waals surface area contributed by atoms with Gasteiger partial charge in [0.25, 0.3) is 0 Å². The summed E-state index contributed by atoms with van der Waals surface area (Å²) in [5.74, 6) is 0. The van der Waals surface area contributed by atoms with Gasteiger partial charge in [-0.1, -0.05) is 19.2 Å². The molecule has 0 amide bonds. The molecule has 0 rings (SSSR count). The molecule has 0 saturated heterocycles. The van der Waals surface area contributed by atoms with Crippen molar-refractivity contribution in [2.24, 2.45) is 0 Å². The third kappa shape index (κ3) is 2.80. The second-order valence-corrected chi connectivity index (χ2v) is 7.48. The van der Waals surface area contributed by atoms with Gasteiger partial charge in [0.15, 0.2) is 0 Å². The van der Waals surface area contributed by atoms with E-state index >= 15 is 0 Å². The molecule has 0 aliphatic heterocycles. The molecule has 0 aromatic heterocycles. The highest BCUT2D eigenvalue weighted by Crippen LogP contribution is 2.08. The van der Waals surface area contributed by atoms with E-state index < -0.39 is 8.07 Å². The van der Waals surface area contributed by atoms with E-state index in [2.05, 4.69) is 32.0 Å². The van der Waals surface area contributed by atoms with Crippen molar-refractivity contribution in [3.63, 3.8) is 0 Å². The average Bonchev–Trinajstić information content (AvgIpc) is 1.67. The average molecular weight is 126 g/mol. The van der Waals surface area contributed by atoms with Crippen molar-refractivity contribution in [2.45, 2.75) is 19.1 Å². The maximum absolute atomic E-state index is 3.76. The van der Waals surface area contributed by atoms with Crippen molar-refractivity contribution >= 4 is 8.07 Å². The van der Waals surface area contributed by atoms with Crippen LogP contribution in [-0.4, -0.2) is 8.07 Å². The lowest BCUT2D eigenvalue weighted by Gasteiger charge is -2.12. The predicted octanol–water partition coefficient (Wildman–Crippen LogP) is 2.61. The first kappa shape index (κ1) is 7.70. The number of hydrogen-bond donors (Lipinski definition) is 0. The Bertz CT molecular complexity index is 92.6. The molecular weight excluding hydrogens is 112 g/mol. The fourth-order valence-electron chi connectivity index (χ4n) is 0.455. The van der Waals surface area contributed by atoms with Gasteiger partial charge in [-0.2, -0.15) is 0 Å². The van der Waals surface area contributed by atoms with Gasteiger partial charge in [-0.3, -0.25) is 0 Å². The van der Waals surface area contributed by atoms with E-state index in [1.165, 1.54) is 0 Å². The largest absolute Gasteiger partial charge is 0.107 e. The zero-order valence-electron chi connectivity index (χ0n) is 5.78. The quantitative estimate of drug-likeness (QED) is 0.403. The van der Waals surface area contributed by atoms with Crippen LogP contribution in [0.25, 0.3) is 0 Å². The summed E-state index contributed by atoms with van der Waals surface area (Å²) in [6, 6.07) is 1.15. The highest BCUT2D eigenvalue weighted by Gasteiger charge is 2.11. The van der Waals surface area contributed by atoms with Gasteiger partial charge in [0.2, 0.25) is 0 Å². The smallest absolute Gasteiger partial charge is 0.0746 e. The van der Waals surface area contributed by atoms with Crippen LogP contribution in [0.5, 0.6) is 0 Å². The minimum Gasteiger partial charge on any atom is -0.107 e. The lowest BCUT2D eigenvalue weighted by atomic mass is 10.8. The molecule has 0 heterocycles. The number of rotatable bonds is 3. The van der Waals surface area contributed by atoms with Crippen molar-refractivity contribution in [3.05, 3.63) is 24.9 Å². The van der Waals surface area contributed by atoms with Crippen LogP contribution in [0.4, 0.5) is 0 Å². The molecule has 0 fully saturated rings. The van der Waals surface area contributed by atoms with Crippen LogP contribution in [0.15, 0.2) is 24.9 Å². The van der Waals surface area contributed by atoms with Crippen LogP contribution in [0, 0.1) is 0 Å². The van der Waals surface area contributed by atoms with Crippen molar-refractivity contribution in [1.29, 1.82) is 0 Å². The molecule has 0 nitrogen and oxygen atoms in total. The third-order valence-electron chi connectivity index (χ3n) is 1.22. The minimum absolute atomic E-state index is 1.03. The molecule has 0 aliphatic carbocycles. The van der Waals surface area contributed by atoms with E-state index in [0.717, 1.165) is 6.04 Å². The van der Waals surface area contributed by atoms with E-state index in [1.807, 2.05) is 6.08 Å². The summed E-state index contributed by atoms with van der Waals surface area (Å²) >= 11 is 0. The summed E-state index contributed by atoms with van der Waals surface area (Å²) in [5.41, 5.74) is 2.09. The number of hydrogen-bond acceptors (Lipinski definition) is 0. The standard InChI is InChI=1S/C7H14Si/c1-5-7-8(3,4)6-2/h5-6H,1-2,7H2,3-4H3. The first-order valence-corrected chi connectivity index (χ1v) is 6.15. The van der Waals surface area contributed by atoms with Crippen molar-refractivity contribution in [3.8, 4) is 0 Å². The molecule has 0 aromatic rings. The first-order valence-electron chi connectivity index (χ1n) is 2.87. The van der Waals surface area contributed by atoms with Crippen molar-refractivity contribution in [1.82, 2.24) is 0 Å². The van der Waals surface area contributed by atoms with Crippen LogP contribution < -0.4 is 0 Å². The Hall–Kier alpha value is -0.303. The van der Waals surface area contributed by atoms with Gasteiger partial charge in [0.05, 0.1) is 8.07 Å². The molecule has 0 aromatic carbocycles. The zero-order valence-corrected chi connectivity index (χ0v) is 6.78. The molecule has 0 spiro atoms. The van der Waals surface area contributed by atoms with Crippen molar-refractivity contribution in [2.75, 3.05) is 0 Å². The van der Waals surface area contributed by atoms with Crippen LogP contribution in [0.2, 0.25) is 19.1 Å². The molecular formula is C7H14Si. The maximum Gasteiger partial charge on any atom is 0.0746 e. The first-order chi connectivity index (χ1) is 3.62. The SMILES string of the molecule is C=CC[Si](C)(C)C=C. The summed E-state index contributed by atoms with van der Waals surface area (Å²) in [6.45, 7) is 12.0. The highest BCUT2D eigenvalue weighted by atomic mass is 28.3. The molecule has 0 bridgehead atoms. The number of allylic oxidation sites excluding steroid dienone is 1. The van der Waals surface area contributed by atoms with Crippen LogP contribution in [0.3, 0.4) is 0 Å². The Morgan fingerprint density at radius 2 is 1.88 bits per heavy atom. The molecule has 46 valence electrons. The highest BCUT2D eigenvalue weighted by molar-refractivity contribution is 6.82. The fourth-order valence-corrected chi connectivity index (χ4v) is 1.37. The van der Waals surface area contributed by atoms with Gasteiger partial charge in [-0.25, -0.2) is 0 Å². The predicted molar refractivity (Wildman–Crippen MR) is 42.7 cm³/mol. The molecule has 0 radical (unpaired) electrons. The Morgan fingerprint density at radius 3 is 2.00 bits per heavy atom. The molecule has 0 aliphatic rings. The van der Waals surface area contributed by atoms with Gasteiger partial charge < -0.3 is 0 Å². The van der Waals surface area contributed by atoms with Crippen molar-refractivity contribution < 1.29 is 0 Å². The normalized spacial score (nSPS) is 10.8.